The van der Waals surface area contributed by atoms with Crippen LogP contribution < -0.4 is 0 Å². The highest BCUT2D eigenvalue weighted by Crippen LogP contribution is 2.22. The number of carbonyl (C=O) groups excluding carboxylic acids is 1. The molecular weight excluding hydrogens is 246 g/mol. The van der Waals surface area contributed by atoms with Crippen molar-refractivity contribution < 1.29 is 18.3 Å². The summed E-state index contributed by atoms with van der Waals surface area (Å²) in [7, 11) is 0. The maximum atomic E-state index is 12.5. The molecule has 0 radical (unpaired) electrons. The fourth-order valence-electron chi connectivity index (χ4n) is 1.10. The van der Waals surface area contributed by atoms with E-state index in [9.17, 15) is 13.6 Å². The summed E-state index contributed by atoms with van der Waals surface area (Å²) in [4.78, 5) is 11.6. The van der Waals surface area contributed by atoms with E-state index in [1.165, 1.54) is 11.8 Å². The summed E-state index contributed by atoms with van der Waals surface area (Å²) >= 11 is 1.36. The van der Waals surface area contributed by atoms with E-state index in [4.69, 9.17) is 4.74 Å². The van der Waals surface area contributed by atoms with Gasteiger partial charge in [0.05, 0.1) is 5.25 Å². The van der Waals surface area contributed by atoms with E-state index in [0.29, 0.717) is 12.2 Å². The Bertz CT molecular complexity index is 244. The first-order chi connectivity index (χ1) is 7.51. The summed E-state index contributed by atoms with van der Waals surface area (Å²) in [5.41, 5.74) is -0.498. The maximum absolute atomic E-state index is 12.5. The van der Waals surface area contributed by atoms with Crippen molar-refractivity contribution in [1.29, 1.82) is 0 Å². The van der Waals surface area contributed by atoms with E-state index in [1.54, 1.807) is 27.7 Å². The van der Waals surface area contributed by atoms with Crippen LogP contribution in [-0.4, -0.2) is 28.5 Å². The van der Waals surface area contributed by atoms with Gasteiger partial charge in [0.2, 0.25) is 5.92 Å². The largest absolute Gasteiger partial charge is 0.459 e. The van der Waals surface area contributed by atoms with Crippen molar-refractivity contribution >= 4 is 17.7 Å². The highest BCUT2D eigenvalue weighted by atomic mass is 32.2. The van der Waals surface area contributed by atoms with E-state index in [1.807, 2.05) is 0 Å². The number of hydrogen-bond acceptors (Lipinski definition) is 3. The number of alkyl halides is 2. The normalized spacial score (nSPS) is 14.5. The second-order valence-corrected chi connectivity index (χ2v) is 6.67. The van der Waals surface area contributed by atoms with E-state index in [-0.39, 0.29) is 17.6 Å². The SMILES string of the molecule is CC(SCCCC(C)(F)F)C(=O)OC(C)(C)C. The monoisotopic (exact) mass is 268 g/mol. The number of carbonyl (C=O) groups is 1. The van der Waals surface area contributed by atoms with Crippen molar-refractivity contribution in [2.75, 3.05) is 5.75 Å². The lowest BCUT2D eigenvalue weighted by molar-refractivity contribution is -0.153. The first-order valence-corrected chi connectivity index (χ1v) is 6.78. The van der Waals surface area contributed by atoms with Crippen LogP contribution in [-0.2, 0) is 9.53 Å². The third-order valence-corrected chi connectivity index (χ3v) is 3.08. The van der Waals surface area contributed by atoms with Gasteiger partial charge < -0.3 is 4.74 Å². The van der Waals surface area contributed by atoms with Gasteiger partial charge in [-0.3, -0.25) is 4.79 Å². The minimum Gasteiger partial charge on any atom is -0.459 e. The molecule has 1 unspecified atom stereocenters. The number of esters is 1. The van der Waals surface area contributed by atoms with Gasteiger partial charge in [-0.05, 0) is 46.8 Å². The standard InChI is InChI=1S/C12H22F2O2S/c1-9(10(15)16-11(2,3)4)17-8-6-7-12(5,13)14/h9H,6-8H2,1-5H3. The molecule has 0 aromatic rings. The van der Waals surface area contributed by atoms with Crippen LogP contribution >= 0.6 is 11.8 Å². The van der Waals surface area contributed by atoms with E-state index in [2.05, 4.69) is 0 Å². The lowest BCUT2D eigenvalue weighted by atomic mass is 10.2. The molecule has 0 amide bonds. The molecule has 0 N–H and O–H groups in total. The van der Waals surface area contributed by atoms with Gasteiger partial charge in [0.1, 0.15) is 5.60 Å². The van der Waals surface area contributed by atoms with E-state index < -0.39 is 11.5 Å². The zero-order valence-electron chi connectivity index (χ0n) is 11.2. The summed E-state index contributed by atoms with van der Waals surface area (Å²) in [6, 6.07) is 0. The minimum absolute atomic E-state index is 0.138. The van der Waals surface area contributed by atoms with Gasteiger partial charge in [-0.2, -0.15) is 0 Å². The number of halogens is 2. The second-order valence-electron chi connectivity index (χ2n) is 5.22. The topological polar surface area (TPSA) is 26.3 Å². The van der Waals surface area contributed by atoms with E-state index >= 15 is 0 Å². The van der Waals surface area contributed by atoms with Gasteiger partial charge >= 0.3 is 5.97 Å². The first-order valence-electron chi connectivity index (χ1n) is 5.73. The molecule has 0 saturated heterocycles. The summed E-state index contributed by atoms with van der Waals surface area (Å²) in [5.74, 6) is -2.36. The molecule has 0 heterocycles. The molecule has 102 valence electrons. The quantitative estimate of drug-likeness (QED) is 0.540. The third kappa shape index (κ3) is 10.5. The Kier molecular flexibility index (Phi) is 6.45. The average molecular weight is 268 g/mol. The molecule has 0 aliphatic rings. The lowest BCUT2D eigenvalue weighted by Gasteiger charge is -2.22. The predicted octanol–water partition coefficient (Wildman–Crippen LogP) is 3.89. The van der Waals surface area contributed by atoms with Crippen molar-refractivity contribution in [3.8, 4) is 0 Å². The molecule has 0 bridgehead atoms. The molecule has 17 heavy (non-hydrogen) atoms. The molecule has 5 heteroatoms. The van der Waals surface area contributed by atoms with Crippen molar-refractivity contribution in [3.63, 3.8) is 0 Å². The molecule has 0 aromatic carbocycles. The van der Waals surface area contributed by atoms with Crippen LogP contribution in [0.2, 0.25) is 0 Å². The van der Waals surface area contributed by atoms with Crippen molar-refractivity contribution in [3.05, 3.63) is 0 Å². The first kappa shape index (κ1) is 16.7. The van der Waals surface area contributed by atoms with Gasteiger partial charge in [0, 0.05) is 6.42 Å². The smallest absolute Gasteiger partial charge is 0.319 e. The fraction of sp³-hybridized carbons (Fsp3) is 0.917. The van der Waals surface area contributed by atoms with Crippen LogP contribution in [0.5, 0.6) is 0 Å². The summed E-state index contributed by atoms with van der Waals surface area (Å²) in [6.07, 6.45) is 0.266. The van der Waals surface area contributed by atoms with Gasteiger partial charge in [0.15, 0.2) is 0 Å². The zero-order valence-corrected chi connectivity index (χ0v) is 12.0. The molecule has 0 aromatic heterocycles. The molecule has 0 saturated carbocycles. The number of rotatable bonds is 6. The van der Waals surface area contributed by atoms with E-state index in [0.717, 1.165) is 6.92 Å². The average Bonchev–Trinajstić information content (AvgIpc) is 2.07. The molecule has 2 nitrogen and oxygen atoms in total. The Hall–Kier alpha value is -0.320. The Balaban J connectivity index is 3.80. The molecule has 1 atom stereocenters. The van der Waals surface area contributed by atoms with Crippen LogP contribution in [0.4, 0.5) is 8.78 Å². The molecule has 0 spiro atoms. The number of thioether (sulfide) groups is 1. The highest BCUT2D eigenvalue weighted by molar-refractivity contribution is 8.00. The number of ether oxygens (including phenoxy) is 1. The Morgan fingerprint density at radius 1 is 1.29 bits per heavy atom. The molecule has 0 fully saturated rings. The maximum Gasteiger partial charge on any atom is 0.319 e. The third-order valence-electron chi connectivity index (χ3n) is 1.87. The highest BCUT2D eigenvalue weighted by Gasteiger charge is 2.23. The Morgan fingerprint density at radius 3 is 2.24 bits per heavy atom. The van der Waals surface area contributed by atoms with Gasteiger partial charge in [-0.1, -0.05) is 0 Å². The fourth-order valence-corrected chi connectivity index (χ4v) is 1.94. The van der Waals surface area contributed by atoms with Gasteiger partial charge in [0.25, 0.3) is 0 Å². The van der Waals surface area contributed by atoms with Crippen LogP contribution in [0.15, 0.2) is 0 Å². The van der Waals surface area contributed by atoms with Crippen LogP contribution in [0.1, 0.15) is 47.5 Å². The summed E-state index contributed by atoms with van der Waals surface area (Å²) in [5, 5.41) is -0.306. The van der Waals surface area contributed by atoms with Gasteiger partial charge in [-0.15, -0.1) is 11.8 Å². The minimum atomic E-state index is -2.62. The zero-order chi connectivity index (χ0) is 13.7. The van der Waals surface area contributed by atoms with Crippen LogP contribution in [0.25, 0.3) is 0 Å². The van der Waals surface area contributed by atoms with Crippen LogP contribution in [0, 0.1) is 0 Å². The van der Waals surface area contributed by atoms with Crippen molar-refractivity contribution in [1.82, 2.24) is 0 Å². The molecule has 0 aliphatic carbocycles. The molecule has 0 rings (SSSR count). The van der Waals surface area contributed by atoms with Crippen molar-refractivity contribution in [2.24, 2.45) is 0 Å². The summed E-state index contributed by atoms with van der Waals surface area (Å²) < 4.78 is 30.2. The Morgan fingerprint density at radius 2 is 1.82 bits per heavy atom. The molecular formula is C12H22F2O2S. The number of hydrogen-bond donors (Lipinski definition) is 0. The van der Waals surface area contributed by atoms with Crippen LogP contribution in [0.3, 0.4) is 0 Å². The summed E-state index contributed by atoms with van der Waals surface area (Å²) in [6.45, 7) is 8.07. The van der Waals surface area contributed by atoms with Crippen molar-refractivity contribution in [2.45, 2.75) is 64.2 Å². The van der Waals surface area contributed by atoms with Gasteiger partial charge in [-0.25, -0.2) is 8.78 Å². The molecule has 0 aliphatic heterocycles. The predicted molar refractivity (Wildman–Crippen MR) is 67.6 cm³/mol. The Labute approximate surface area is 106 Å². The second kappa shape index (κ2) is 6.57. The lowest BCUT2D eigenvalue weighted by Crippen LogP contribution is -2.29.